The van der Waals surface area contributed by atoms with E-state index >= 15 is 0 Å². The second kappa shape index (κ2) is 6.20. The van der Waals surface area contributed by atoms with Gasteiger partial charge in [-0.25, -0.2) is 0 Å². The molecule has 0 aliphatic heterocycles. The van der Waals surface area contributed by atoms with Crippen LogP contribution in [0.25, 0.3) is 0 Å². The smallest absolute Gasteiger partial charge is 0.253 e. The minimum absolute atomic E-state index is 0.0519. The Kier molecular flexibility index (Phi) is 4.90. The van der Waals surface area contributed by atoms with E-state index in [1.54, 1.807) is 43.3 Å². The van der Waals surface area contributed by atoms with Crippen molar-refractivity contribution in [2.24, 2.45) is 5.73 Å². The summed E-state index contributed by atoms with van der Waals surface area (Å²) in [5.74, 6) is 0.677. The Bertz CT molecular complexity index is 403. The summed E-state index contributed by atoms with van der Waals surface area (Å²) in [5.41, 5.74) is 6.02. The minimum Gasteiger partial charge on any atom is -0.497 e. The molecule has 1 amide bonds. The number of hydrogen-bond acceptors (Lipinski definition) is 3. The van der Waals surface area contributed by atoms with Crippen molar-refractivity contribution in [1.29, 1.82) is 0 Å². The van der Waals surface area contributed by atoms with Crippen molar-refractivity contribution in [2.45, 2.75) is 6.42 Å². The van der Waals surface area contributed by atoms with Gasteiger partial charge < -0.3 is 15.4 Å². The quantitative estimate of drug-likeness (QED) is 0.806. The number of ether oxygens (including phenoxy) is 1. The molecule has 0 atom stereocenters. The molecule has 5 heteroatoms. The van der Waals surface area contributed by atoms with Crippen molar-refractivity contribution < 1.29 is 9.53 Å². The summed E-state index contributed by atoms with van der Waals surface area (Å²) in [5, 5.41) is 0. The average Bonchev–Trinajstić information content (AvgIpc) is 2.35. The Hall–Kier alpha value is -1.62. The van der Waals surface area contributed by atoms with Gasteiger partial charge in [-0.15, -0.1) is 0 Å². The average molecular weight is 252 g/mol. The summed E-state index contributed by atoms with van der Waals surface area (Å²) in [6.45, 7) is 0.528. The van der Waals surface area contributed by atoms with Crippen LogP contribution in [0.2, 0.25) is 0 Å². The van der Waals surface area contributed by atoms with Gasteiger partial charge in [-0.2, -0.15) is 0 Å². The standard InChI is InChI=1S/C12H16N2O2S/c1-14(8-7-11(13)17)12(15)9-3-5-10(16-2)6-4-9/h3-6H,7-8H2,1-2H3,(H2,13,17). The lowest BCUT2D eigenvalue weighted by molar-refractivity contribution is 0.0799. The van der Waals surface area contributed by atoms with Crippen LogP contribution >= 0.6 is 12.2 Å². The molecule has 4 nitrogen and oxygen atoms in total. The molecule has 0 aliphatic carbocycles. The Morgan fingerprint density at radius 3 is 2.47 bits per heavy atom. The van der Waals surface area contributed by atoms with Crippen LogP contribution in [0.3, 0.4) is 0 Å². The third kappa shape index (κ3) is 4.03. The van der Waals surface area contributed by atoms with Gasteiger partial charge in [-0.3, -0.25) is 4.79 Å². The van der Waals surface area contributed by atoms with E-state index in [0.717, 1.165) is 5.75 Å². The second-order valence-electron chi connectivity index (χ2n) is 3.67. The third-order valence-electron chi connectivity index (χ3n) is 2.38. The molecule has 0 spiro atoms. The number of rotatable bonds is 5. The van der Waals surface area contributed by atoms with Crippen LogP contribution in [0.1, 0.15) is 16.8 Å². The Morgan fingerprint density at radius 2 is 2.00 bits per heavy atom. The number of carbonyl (C=O) groups is 1. The molecular weight excluding hydrogens is 236 g/mol. The maximum atomic E-state index is 12.0. The van der Waals surface area contributed by atoms with Gasteiger partial charge in [0.2, 0.25) is 0 Å². The molecule has 2 N–H and O–H groups in total. The highest BCUT2D eigenvalue weighted by Gasteiger charge is 2.11. The molecule has 17 heavy (non-hydrogen) atoms. The minimum atomic E-state index is -0.0519. The molecule has 0 saturated heterocycles. The molecule has 1 rings (SSSR count). The van der Waals surface area contributed by atoms with Crippen molar-refractivity contribution in [3.8, 4) is 5.75 Å². The number of thiocarbonyl (C=S) groups is 1. The first-order valence-electron chi connectivity index (χ1n) is 5.22. The number of hydrogen-bond donors (Lipinski definition) is 1. The van der Waals surface area contributed by atoms with Gasteiger partial charge >= 0.3 is 0 Å². The summed E-state index contributed by atoms with van der Waals surface area (Å²) in [4.78, 5) is 14.0. The van der Waals surface area contributed by atoms with E-state index in [1.165, 1.54) is 0 Å². The summed E-state index contributed by atoms with van der Waals surface area (Å²) < 4.78 is 5.03. The number of amides is 1. The van der Waals surface area contributed by atoms with E-state index in [2.05, 4.69) is 0 Å². The molecule has 0 heterocycles. The van der Waals surface area contributed by atoms with E-state index in [-0.39, 0.29) is 5.91 Å². The molecule has 92 valence electrons. The first-order valence-corrected chi connectivity index (χ1v) is 5.63. The summed E-state index contributed by atoms with van der Waals surface area (Å²) in [6, 6.07) is 6.99. The molecule has 0 fully saturated rings. The Morgan fingerprint density at radius 1 is 1.41 bits per heavy atom. The van der Waals surface area contributed by atoms with E-state index in [0.29, 0.717) is 23.5 Å². The third-order valence-corrected chi connectivity index (χ3v) is 2.58. The van der Waals surface area contributed by atoms with Crippen LogP contribution in [0.4, 0.5) is 0 Å². The predicted molar refractivity (Wildman–Crippen MR) is 71.4 cm³/mol. The van der Waals surface area contributed by atoms with Crippen molar-refractivity contribution in [2.75, 3.05) is 20.7 Å². The van der Waals surface area contributed by atoms with Crippen LogP contribution < -0.4 is 10.5 Å². The molecule has 0 radical (unpaired) electrons. The van der Waals surface area contributed by atoms with Crippen LogP contribution in [-0.2, 0) is 0 Å². The highest BCUT2D eigenvalue weighted by atomic mass is 32.1. The zero-order chi connectivity index (χ0) is 12.8. The van der Waals surface area contributed by atoms with Gasteiger partial charge in [0.05, 0.1) is 12.1 Å². The lowest BCUT2D eigenvalue weighted by Crippen LogP contribution is -2.29. The first-order chi connectivity index (χ1) is 8.04. The highest BCUT2D eigenvalue weighted by molar-refractivity contribution is 7.80. The number of benzene rings is 1. The lowest BCUT2D eigenvalue weighted by atomic mass is 10.2. The number of nitrogens with two attached hydrogens (primary N) is 1. The highest BCUT2D eigenvalue weighted by Crippen LogP contribution is 2.12. The number of methoxy groups -OCH3 is 1. The van der Waals surface area contributed by atoms with Gasteiger partial charge in [0.1, 0.15) is 5.75 Å². The van der Waals surface area contributed by atoms with Gasteiger partial charge in [0.25, 0.3) is 5.91 Å². The van der Waals surface area contributed by atoms with Gasteiger partial charge in [0.15, 0.2) is 0 Å². The Labute approximate surface area is 106 Å². The molecular formula is C12H16N2O2S. The molecule has 0 aliphatic rings. The fraction of sp³-hybridized carbons (Fsp3) is 0.333. The maximum Gasteiger partial charge on any atom is 0.253 e. The number of nitrogens with zero attached hydrogens (tertiary/aromatic N) is 1. The molecule has 0 aromatic heterocycles. The topological polar surface area (TPSA) is 55.6 Å². The van der Waals surface area contributed by atoms with E-state index in [9.17, 15) is 4.79 Å². The number of carbonyl (C=O) groups excluding carboxylic acids is 1. The van der Waals surface area contributed by atoms with E-state index in [4.69, 9.17) is 22.7 Å². The Balaban J connectivity index is 2.64. The zero-order valence-electron chi connectivity index (χ0n) is 9.97. The van der Waals surface area contributed by atoms with Crippen LogP contribution in [0.5, 0.6) is 5.75 Å². The zero-order valence-corrected chi connectivity index (χ0v) is 10.8. The molecule has 0 bridgehead atoms. The summed E-state index contributed by atoms with van der Waals surface area (Å²) in [7, 11) is 3.32. The van der Waals surface area contributed by atoms with E-state index < -0.39 is 0 Å². The maximum absolute atomic E-state index is 12.0. The monoisotopic (exact) mass is 252 g/mol. The molecule has 0 saturated carbocycles. The first kappa shape index (κ1) is 13.4. The van der Waals surface area contributed by atoms with Crippen molar-refractivity contribution in [3.05, 3.63) is 29.8 Å². The van der Waals surface area contributed by atoms with Crippen molar-refractivity contribution in [1.82, 2.24) is 4.90 Å². The SMILES string of the molecule is COc1ccc(C(=O)N(C)CCC(N)=S)cc1. The van der Waals surface area contributed by atoms with E-state index in [1.807, 2.05) is 0 Å². The largest absolute Gasteiger partial charge is 0.497 e. The predicted octanol–water partition coefficient (Wildman–Crippen LogP) is 1.44. The fourth-order valence-corrected chi connectivity index (χ4v) is 1.42. The fourth-order valence-electron chi connectivity index (χ4n) is 1.33. The van der Waals surface area contributed by atoms with Gasteiger partial charge in [0, 0.05) is 25.6 Å². The van der Waals surface area contributed by atoms with Crippen molar-refractivity contribution >= 4 is 23.1 Å². The normalized spacial score (nSPS) is 9.76. The molecule has 1 aromatic carbocycles. The lowest BCUT2D eigenvalue weighted by Gasteiger charge is -2.16. The molecule has 0 unspecified atom stereocenters. The van der Waals surface area contributed by atoms with Gasteiger partial charge in [-0.1, -0.05) is 12.2 Å². The summed E-state index contributed by atoms with van der Waals surface area (Å²) >= 11 is 4.77. The van der Waals surface area contributed by atoms with Crippen LogP contribution in [0.15, 0.2) is 24.3 Å². The molecule has 1 aromatic rings. The second-order valence-corrected chi connectivity index (χ2v) is 4.20. The summed E-state index contributed by atoms with van der Waals surface area (Å²) in [6.07, 6.45) is 0.535. The van der Waals surface area contributed by atoms with Gasteiger partial charge in [-0.05, 0) is 24.3 Å². The van der Waals surface area contributed by atoms with Crippen molar-refractivity contribution in [3.63, 3.8) is 0 Å². The van der Waals surface area contributed by atoms with Crippen LogP contribution in [-0.4, -0.2) is 36.5 Å². The van der Waals surface area contributed by atoms with Crippen LogP contribution in [0, 0.1) is 0 Å².